The van der Waals surface area contributed by atoms with Crippen molar-refractivity contribution in [3.05, 3.63) is 28.8 Å². The van der Waals surface area contributed by atoms with Crippen molar-refractivity contribution in [1.82, 2.24) is 5.32 Å². The van der Waals surface area contributed by atoms with Crippen molar-refractivity contribution in [3.8, 4) is 0 Å². The van der Waals surface area contributed by atoms with Crippen LogP contribution in [0.2, 0.25) is 5.02 Å². The molecule has 1 N–H and O–H groups in total. The number of anilines is 1. The normalized spacial score (nSPS) is 24.7. The molecule has 2 atom stereocenters. The summed E-state index contributed by atoms with van der Waals surface area (Å²) in [7, 11) is 0. The average molecular weight is 267 g/mol. The van der Waals surface area contributed by atoms with Gasteiger partial charge in [-0.1, -0.05) is 31.5 Å². The van der Waals surface area contributed by atoms with Crippen LogP contribution in [0.1, 0.15) is 26.3 Å². The number of nitrogens with zero attached hydrogens (tertiary/aromatic N) is 1. The molecule has 0 bridgehead atoms. The zero-order valence-electron chi connectivity index (χ0n) is 11.7. The van der Waals surface area contributed by atoms with E-state index in [4.69, 9.17) is 11.6 Å². The zero-order chi connectivity index (χ0) is 13.3. The third-order valence-electron chi connectivity index (χ3n) is 3.80. The van der Waals surface area contributed by atoms with E-state index in [1.807, 2.05) is 6.92 Å². The SMILES string of the molecule is Cc1ccc(N2CC(C)NCC2C(C)C)cc1Cl. The summed E-state index contributed by atoms with van der Waals surface area (Å²) in [5.74, 6) is 0.630. The van der Waals surface area contributed by atoms with E-state index in [2.05, 4.69) is 49.2 Å². The van der Waals surface area contributed by atoms with Gasteiger partial charge in [0.15, 0.2) is 0 Å². The molecule has 1 aromatic rings. The molecule has 0 spiro atoms. The van der Waals surface area contributed by atoms with Crippen LogP contribution in [0, 0.1) is 12.8 Å². The van der Waals surface area contributed by atoms with Crippen molar-refractivity contribution in [3.63, 3.8) is 0 Å². The van der Waals surface area contributed by atoms with Crippen LogP contribution in [0.5, 0.6) is 0 Å². The molecule has 3 heteroatoms. The van der Waals surface area contributed by atoms with E-state index in [1.54, 1.807) is 0 Å². The standard InChI is InChI=1S/C15H23ClN2/c1-10(2)15-8-17-12(4)9-18(15)13-6-5-11(3)14(16)7-13/h5-7,10,12,15,17H,8-9H2,1-4H3. The Morgan fingerprint density at radius 3 is 2.72 bits per heavy atom. The van der Waals surface area contributed by atoms with Gasteiger partial charge in [-0.2, -0.15) is 0 Å². The molecule has 100 valence electrons. The highest BCUT2D eigenvalue weighted by Crippen LogP contribution is 2.28. The zero-order valence-corrected chi connectivity index (χ0v) is 12.5. The van der Waals surface area contributed by atoms with Crippen LogP contribution in [-0.4, -0.2) is 25.2 Å². The Balaban J connectivity index is 2.29. The Hall–Kier alpha value is -0.730. The molecule has 1 heterocycles. The summed E-state index contributed by atoms with van der Waals surface area (Å²) < 4.78 is 0. The average Bonchev–Trinajstić information content (AvgIpc) is 2.32. The van der Waals surface area contributed by atoms with Gasteiger partial charge in [0.25, 0.3) is 0 Å². The van der Waals surface area contributed by atoms with E-state index >= 15 is 0 Å². The molecule has 1 fully saturated rings. The molecule has 2 unspecified atom stereocenters. The van der Waals surface area contributed by atoms with Crippen LogP contribution < -0.4 is 10.2 Å². The third kappa shape index (κ3) is 2.81. The molecule has 0 aromatic heterocycles. The quantitative estimate of drug-likeness (QED) is 0.882. The highest BCUT2D eigenvalue weighted by molar-refractivity contribution is 6.31. The number of benzene rings is 1. The van der Waals surface area contributed by atoms with Crippen LogP contribution in [0.3, 0.4) is 0 Å². The minimum Gasteiger partial charge on any atom is -0.365 e. The van der Waals surface area contributed by atoms with Gasteiger partial charge in [-0.3, -0.25) is 0 Å². The fourth-order valence-electron chi connectivity index (χ4n) is 2.58. The number of nitrogens with one attached hydrogen (secondary N) is 1. The number of hydrogen-bond donors (Lipinski definition) is 1. The van der Waals surface area contributed by atoms with E-state index in [0.717, 1.165) is 23.7 Å². The van der Waals surface area contributed by atoms with Gasteiger partial charge in [-0.05, 0) is 37.5 Å². The van der Waals surface area contributed by atoms with E-state index in [-0.39, 0.29) is 0 Å². The summed E-state index contributed by atoms with van der Waals surface area (Å²) in [5.41, 5.74) is 2.39. The molecule has 1 aromatic carbocycles. The fraction of sp³-hybridized carbons (Fsp3) is 0.600. The lowest BCUT2D eigenvalue weighted by Gasteiger charge is -2.43. The minimum absolute atomic E-state index is 0.528. The molecule has 1 aliphatic heterocycles. The second-order valence-electron chi connectivity index (χ2n) is 5.71. The minimum atomic E-state index is 0.528. The predicted octanol–water partition coefficient (Wildman–Crippen LogP) is 3.47. The topological polar surface area (TPSA) is 15.3 Å². The van der Waals surface area contributed by atoms with Crippen molar-refractivity contribution in [2.24, 2.45) is 5.92 Å². The van der Waals surface area contributed by atoms with Crippen LogP contribution in [0.25, 0.3) is 0 Å². The van der Waals surface area contributed by atoms with Gasteiger partial charge in [0.1, 0.15) is 0 Å². The van der Waals surface area contributed by atoms with Gasteiger partial charge in [-0.15, -0.1) is 0 Å². The third-order valence-corrected chi connectivity index (χ3v) is 4.21. The number of rotatable bonds is 2. The maximum atomic E-state index is 6.25. The lowest BCUT2D eigenvalue weighted by atomic mass is 9.98. The number of aryl methyl sites for hydroxylation is 1. The maximum absolute atomic E-state index is 6.25. The Labute approximate surface area is 115 Å². The smallest absolute Gasteiger partial charge is 0.0455 e. The van der Waals surface area contributed by atoms with Crippen LogP contribution in [0.4, 0.5) is 5.69 Å². The Kier molecular flexibility index (Phi) is 4.18. The number of piperazine rings is 1. The molecular formula is C15H23ClN2. The molecule has 1 saturated heterocycles. The van der Waals surface area contributed by atoms with Gasteiger partial charge in [0.05, 0.1) is 0 Å². The van der Waals surface area contributed by atoms with E-state index in [0.29, 0.717) is 18.0 Å². The molecule has 0 amide bonds. The molecule has 1 aliphatic rings. The Morgan fingerprint density at radius 2 is 2.11 bits per heavy atom. The molecular weight excluding hydrogens is 244 g/mol. The van der Waals surface area contributed by atoms with Crippen molar-refractivity contribution < 1.29 is 0 Å². The molecule has 18 heavy (non-hydrogen) atoms. The van der Waals surface area contributed by atoms with E-state index < -0.39 is 0 Å². The van der Waals surface area contributed by atoms with Gasteiger partial charge in [0, 0.05) is 35.9 Å². The summed E-state index contributed by atoms with van der Waals surface area (Å²) >= 11 is 6.25. The van der Waals surface area contributed by atoms with Gasteiger partial charge < -0.3 is 10.2 Å². The molecule has 0 radical (unpaired) electrons. The lowest BCUT2D eigenvalue weighted by molar-refractivity contribution is 0.349. The second-order valence-corrected chi connectivity index (χ2v) is 6.11. The van der Waals surface area contributed by atoms with Gasteiger partial charge >= 0.3 is 0 Å². The van der Waals surface area contributed by atoms with Crippen molar-refractivity contribution >= 4 is 17.3 Å². The highest BCUT2D eigenvalue weighted by atomic mass is 35.5. The summed E-state index contributed by atoms with van der Waals surface area (Å²) in [6, 6.07) is 7.47. The van der Waals surface area contributed by atoms with Crippen LogP contribution >= 0.6 is 11.6 Å². The lowest BCUT2D eigenvalue weighted by Crippen LogP contribution is -2.57. The highest BCUT2D eigenvalue weighted by Gasteiger charge is 2.28. The first-order valence-corrected chi connectivity index (χ1v) is 7.13. The molecule has 0 aliphatic carbocycles. The summed E-state index contributed by atoms with van der Waals surface area (Å²) in [5, 5.41) is 4.43. The van der Waals surface area contributed by atoms with Crippen molar-refractivity contribution in [2.45, 2.75) is 39.8 Å². The van der Waals surface area contributed by atoms with Gasteiger partial charge in [0.2, 0.25) is 0 Å². The van der Waals surface area contributed by atoms with Crippen LogP contribution in [-0.2, 0) is 0 Å². The van der Waals surface area contributed by atoms with Crippen molar-refractivity contribution in [2.75, 3.05) is 18.0 Å². The fourth-order valence-corrected chi connectivity index (χ4v) is 2.75. The number of hydrogen-bond acceptors (Lipinski definition) is 2. The first kappa shape index (κ1) is 13.7. The number of halogens is 1. The first-order valence-electron chi connectivity index (χ1n) is 6.75. The Morgan fingerprint density at radius 1 is 1.39 bits per heavy atom. The molecule has 2 nitrogen and oxygen atoms in total. The summed E-state index contributed by atoms with van der Waals surface area (Å²) in [4.78, 5) is 2.50. The Bertz CT molecular complexity index is 417. The van der Waals surface area contributed by atoms with Crippen molar-refractivity contribution in [1.29, 1.82) is 0 Å². The molecule has 0 saturated carbocycles. The van der Waals surface area contributed by atoms with Crippen LogP contribution in [0.15, 0.2) is 18.2 Å². The maximum Gasteiger partial charge on any atom is 0.0455 e. The second kappa shape index (κ2) is 5.50. The van der Waals surface area contributed by atoms with E-state index in [1.165, 1.54) is 5.69 Å². The predicted molar refractivity (Wildman–Crippen MR) is 79.6 cm³/mol. The first-order chi connectivity index (χ1) is 8.49. The summed E-state index contributed by atoms with van der Waals surface area (Å²) in [6.45, 7) is 10.9. The largest absolute Gasteiger partial charge is 0.365 e. The molecule has 2 rings (SSSR count). The van der Waals surface area contributed by atoms with E-state index in [9.17, 15) is 0 Å². The summed E-state index contributed by atoms with van der Waals surface area (Å²) in [6.07, 6.45) is 0. The monoisotopic (exact) mass is 266 g/mol. The van der Waals surface area contributed by atoms with Gasteiger partial charge in [-0.25, -0.2) is 0 Å².